The van der Waals surface area contributed by atoms with Gasteiger partial charge < -0.3 is 9.32 Å². The summed E-state index contributed by atoms with van der Waals surface area (Å²) in [6, 6.07) is 8.96. The molecule has 1 aliphatic rings. The first-order chi connectivity index (χ1) is 12.7. The van der Waals surface area contributed by atoms with Crippen LogP contribution in [0.4, 0.5) is 5.69 Å². The van der Waals surface area contributed by atoms with Crippen molar-refractivity contribution < 1.29 is 4.42 Å². The van der Waals surface area contributed by atoms with Crippen LogP contribution < -0.4 is 4.90 Å². The molecule has 0 saturated carbocycles. The number of rotatable bonds is 2. The molecule has 2 aromatic heterocycles. The summed E-state index contributed by atoms with van der Waals surface area (Å²) >= 11 is 2.13. The lowest BCUT2D eigenvalue weighted by Crippen LogP contribution is -2.43. The van der Waals surface area contributed by atoms with Crippen molar-refractivity contribution in [1.29, 1.82) is 0 Å². The number of thioether (sulfide) groups is 1. The number of furan rings is 1. The summed E-state index contributed by atoms with van der Waals surface area (Å²) in [5, 5.41) is 3.27. The van der Waals surface area contributed by atoms with Gasteiger partial charge in [0.05, 0.1) is 11.1 Å². The molecule has 0 N–H and O–H groups in total. The maximum atomic E-state index is 6.32. The quantitative estimate of drug-likeness (QED) is 0.497. The van der Waals surface area contributed by atoms with Crippen LogP contribution in [0.25, 0.3) is 22.1 Å². The van der Waals surface area contributed by atoms with E-state index in [9.17, 15) is 0 Å². The predicted octanol–water partition coefficient (Wildman–Crippen LogP) is 6.63. The molecule has 144 valence electrons. The van der Waals surface area contributed by atoms with E-state index >= 15 is 0 Å². The topological polar surface area (TPSA) is 29.3 Å². The normalized spacial score (nSPS) is 23.9. The van der Waals surface area contributed by atoms with Crippen LogP contribution in [0.1, 0.15) is 47.1 Å². The van der Waals surface area contributed by atoms with E-state index in [2.05, 4.69) is 88.3 Å². The summed E-state index contributed by atoms with van der Waals surface area (Å²) < 4.78 is 6.32. The van der Waals surface area contributed by atoms with Gasteiger partial charge in [-0.2, -0.15) is 0 Å². The molecule has 0 radical (unpaired) electrons. The average Bonchev–Trinajstić information content (AvgIpc) is 3.13. The van der Waals surface area contributed by atoms with Gasteiger partial charge in [0.15, 0.2) is 5.58 Å². The summed E-state index contributed by atoms with van der Waals surface area (Å²) in [7, 11) is 0. The van der Waals surface area contributed by atoms with E-state index in [0.29, 0.717) is 22.6 Å². The van der Waals surface area contributed by atoms with E-state index in [0.717, 1.165) is 22.1 Å². The number of hydrogen-bond donors (Lipinski definition) is 0. The van der Waals surface area contributed by atoms with Crippen molar-refractivity contribution in [1.82, 2.24) is 4.98 Å². The standard InChI is InChI=1S/C23H30N2OS/c1-13(2)20-15(4)25(22(27-20)23(5,6)7)18-14(3)10-11-16-17-9-8-12-24-21(17)26-19(16)18/h8-13,15,20,22H,1-7H3/t15-,20?,22?/m0/s1. The first kappa shape index (κ1) is 18.7. The molecule has 27 heavy (non-hydrogen) atoms. The lowest BCUT2D eigenvalue weighted by molar-refractivity contribution is 0.374. The average molecular weight is 383 g/mol. The zero-order valence-electron chi connectivity index (χ0n) is 17.4. The zero-order chi connectivity index (χ0) is 19.5. The number of anilines is 1. The molecule has 3 atom stereocenters. The number of nitrogens with zero attached hydrogens (tertiary/aromatic N) is 2. The highest BCUT2D eigenvalue weighted by Crippen LogP contribution is 2.51. The van der Waals surface area contributed by atoms with Crippen molar-refractivity contribution in [3.05, 3.63) is 36.0 Å². The van der Waals surface area contributed by atoms with E-state index in [-0.39, 0.29) is 5.41 Å². The Hall–Kier alpha value is -1.68. The molecular weight excluding hydrogens is 352 g/mol. The molecule has 0 bridgehead atoms. The van der Waals surface area contributed by atoms with Crippen molar-refractivity contribution in [2.75, 3.05) is 4.90 Å². The molecule has 3 heterocycles. The van der Waals surface area contributed by atoms with Gasteiger partial charge in [0.25, 0.3) is 0 Å². The lowest BCUT2D eigenvalue weighted by atomic mass is 9.92. The molecule has 0 amide bonds. The van der Waals surface area contributed by atoms with Crippen LogP contribution in [-0.2, 0) is 0 Å². The molecule has 1 fully saturated rings. The molecule has 3 aromatic rings. The number of aryl methyl sites for hydroxylation is 1. The second-order valence-electron chi connectivity index (χ2n) is 9.28. The summed E-state index contributed by atoms with van der Waals surface area (Å²) in [4.78, 5) is 7.09. The third-order valence-corrected chi connectivity index (χ3v) is 8.15. The molecule has 4 rings (SSSR count). The van der Waals surface area contributed by atoms with Crippen molar-refractivity contribution in [3.63, 3.8) is 0 Å². The second kappa shape index (κ2) is 6.44. The number of aromatic nitrogens is 1. The highest BCUT2D eigenvalue weighted by molar-refractivity contribution is 8.01. The van der Waals surface area contributed by atoms with Crippen LogP contribution >= 0.6 is 11.8 Å². The van der Waals surface area contributed by atoms with Crippen LogP contribution in [0, 0.1) is 18.3 Å². The van der Waals surface area contributed by atoms with Crippen molar-refractivity contribution in [2.45, 2.75) is 65.1 Å². The Bertz CT molecular complexity index is 985. The van der Waals surface area contributed by atoms with Gasteiger partial charge >= 0.3 is 0 Å². The largest absolute Gasteiger partial charge is 0.436 e. The van der Waals surface area contributed by atoms with Crippen LogP contribution in [0.3, 0.4) is 0 Å². The maximum absolute atomic E-state index is 6.32. The van der Waals surface area contributed by atoms with Crippen LogP contribution in [-0.4, -0.2) is 21.6 Å². The van der Waals surface area contributed by atoms with Gasteiger partial charge in [-0.3, -0.25) is 0 Å². The summed E-state index contributed by atoms with van der Waals surface area (Å²) in [5.74, 6) is 0.636. The molecule has 1 saturated heterocycles. The Morgan fingerprint density at radius 3 is 2.56 bits per heavy atom. The van der Waals surface area contributed by atoms with E-state index < -0.39 is 0 Å². The third-order valence-electron chi connectivity index (χ3n) is 5.70. The van der Waals surface area contributed by atoms with Gasteiger partial charge in [0, 0.05) is 28.3 Å². The Labute approximate surface area is 166 Å². The van der Waals surface area contributed by atoms with Gasteiger partial charge in [-0.05, 0) is 42.9 Å². The number of pyridine rings is 1. The highest BCUT2D eigenvalue weighted by atomic mass is 32.2. The maximum Gasteiger partial charge on any atom is 0.227 e. The Kier molecular flexibility index (Phi) is 4.45. The molecule has 0 spiro atoms. The van der Waals surface area contributed by atoms with E-state index in [4.69, 9.17) is 4.42 Å². The fourth-order valence-electron chi connectivity index (χ4n) is 4.44. The zero-order valence-corrected chi connectivity index (χ0v) is 18.2. The second-order valence-corrected chi connectivity index (χ2v) is 10.5. The van der Waals surface area contributed by atoms with Gasteiger partial charge in [0.1, 0.15) is 0 Å². The minimum atomic E-state index is 0.168. The monoisotopic (exact) mass is 382 g/mol. The van der Waals surface area contributed by atoms with Crippen molar-refractivity contribution >= 4 is 39.5 Å². The van der Waals surface area contributed by atoms with Crippen LogP contribution in [0.5, 0.6) is 0 Å². The van der Waals surface area contributed by atoms with E-state index in [1.165, 1.54) is 11.3 Å². The first-order valence-electron chi connectivity index (χ1n) is 9.90. The smallest absolute Gasteiger partial charge is 0.227 e. The first-order valence-corrected chi connectivity index (χ1v) is 10.8. The molecular formula is C23H30N2OS. The summed E-state index contributed by atoms with van der Waals surface area (Å²) in [6.45, 7) is 16.3. The summed E-state index contributed by atoms with van der Waals surface area (Å²) in [5.41, 5.74) is 4.39. The number of hydrogen-bond acceptors (Lipinski definition) is 4. The minimum absolute atomic E-state index is 0.168. The molecule has 4 heteroatoms. The van der Waals surface area contributed by atoms with Gasteiger partial charge in [-0.15, -0.1) is 11.8 Å². The molecule has 0 aliphatic carbocycles. The van der Waals surface area contributed by atoms with Gasteiger partial charge in [-0.1, -0.05) is 46.8 Å². The van der Waals surface area contributed by atoms with Crippen molar-refractivity contribution in [3.8, 4) is 0 Å². The van der Waals surface area contributed by atoms with Crippen LogP contribution in [0.2, 0.25) is 0 Å². The SMILES string of the molecule is Cc1ccc2c(oc3ncccc32)c1N1C(C(C)(C)C)SC(C(C)C)[C@@H]1C. The Balaban J connectivity index is 1.97. The fourth-order valence-corrected chi connectivity index (χ4v) is 6.24. The van der Waals surface area contributed by atoms with Crippen LogP contribution in [0.15, 0.2) is 34.9 Å². The predicted molar refractivity (Wildman–Crippen MR) is 118 cm³/mol. The Morgan fingerprint density at radius 2 is 1.89 bits per heavy atom. The third kappa shape index (κ3) is 2.93. The summed E-state index contributed by atoms with van der Waals surface area (Å²) in [6.07, 6.45) is 1.80. The minimum Gasteiger partial charge on any atom is -0.436 e. The van der Waals surface area contributed by atoms with Crippen molar-refractivity contribution in [2.24, 2.45) is 11.3 Å². The van der Waals surface area contributed by atoms with E-state index in [1.807, 2.05) is 6.07 Å². The number of benzene rings is 1. The van der Waals surface area contributed by atoms with Gasteiger partial charge in [0.2, 0.25) is 5.71 Å². The number of fused-ring (bicyclic) bond motifs is 3. The molecule has 3 nitrogen and oxygen atoms in total. The molecule has 1 aromatic carbocycles. The Morgan fingerprint density at radius 1 is 1.15 bits per heavy atom. The highest BCUT2D eigenvalue weighted by Gasteiger charge is 2.46. The van der Waals surface area contributed by atoms with E-state index in [1.54, 1.807) is 6.20 Å². The van der Waals surface area contributed by atoms with Gasteiger partial charge in [-0.25, -0.2) is 4.98 Å². The fraction of sp³-hybridized carbons (Fsp3) is 0.522. The molecule has 1 aliphatic heterocycles. The molecule has 2 unspecified atom stereocenters. The lowest BCUT2D eigenvalue weighted by Gasteiger charge is -2.38.